The van der Waals surface area contributed by atoms with Gasteiger partial charge < -0.3 is 10.6 Å². The highest BCUT2D eigenvalue weighted by molar-refractivity contribution is 6.02. The van der Waals surface area contributed by atoms with Crippen LogP contribution in [0.3, 0.4) is 0 Å². The van der Waals surface area contributed by atoms with Gasteiger partial charge >= 0.3 is 0 Å². The standard InChI is InChI=1S/C18H21N3O/c1-13-4-6-16(7-5-13)21-18(22)17-11-14(8-10-20-17)15-3-2-9-19-12-15/h4-8,10-11,15,19H,2-3,9,12H2,1H3,(H,21,22)/t15-/m0/s1. The van der Waals surface area contributed by atoms with E-state index in [0.29, 0.717) is 11.6 Å². The Hall–Kier alpha value is -2.20. The number of amides is 1. The van der Waals surface area contributed by atoms with Crippen molar-refractivity contribution in [2.45, 2.75) is 25.7 Å². The molecule has 3 rings (SSSR count). The molecule has 1 fully saturated rings. The van der Waals surface area contributed by atoms with Crippen molar-refractivity contribution >= 4 is 11.6 Å². The molecule has 0 spiro atoms. The van der Waals surface area contributed by atoms with Gasteiger partial charge in [-0.15, -0.1) is 0 Å². The first-order valence-electron chi connectivity index (χ1n) is 7.77. The second kappa shape index (κ2) is 6.71. The van der Waals surface area contributed by atoms with Crippen LogP contribution in [0.5, 0.6) is 0 Å². The molecular weight excluding hydrogens is 274 g/mol. The number of hydrogen-bond donors (Lipinski definition) is 2. The van der Waals surface area contributed by atoms with Gasteiger partial charge in [-0.2, -0.15) is 0 Å². The molecule has 22 heavy (non-hydrogen) atoms. The van der Waals surface area contributed by atoms with Gasteiger partial charge in [-0.05, 0) is 62.1 Å². The number of benzene rings is 1. The molecule has 1 aromatic carbocycles. The summed E-state index contributed by atoms with van der Waals surface area (Å²) in [7, 11) is 0. The number of hydrogen-bond acceptors (Lipinski definition) is 3. The summed E-state index contributed by atoms with van der Waals surface area (Å²) in [5.41, 5.74) is 3.63. The number of carbonyl (C=O) groups is 1. The topological polar surface area (TPSA) is 54.0 Å². The third kappa shape index (κ3) is 3.52. The first-order chi connectivity index (χ1) is 10.7. The lowest BCUT2D eigenvalue weighted by atomic mass is 9.92. The summed E-state index contributed by atoms with van der Waals surface area (Å²) < 4.78 is 0. The van der Waals surface area contributed by atoms with Crippen LogP contribution in [0.2, 0.25) is 0 Å². The Morgan fingerprint density at radius 3 is 2.82 bits per heavy atom. The van der Waals surface area contributed by atoms with E-state index in [1.165, 1.54) is 17.5 Å². The minimum absolute atomic E-state index is 0.158. The predicted molar refractivity (Wildman–Crippen MR) is 88.2 cm³/mol. The maximum atomic E-state index is 12.3. The SMILES string of the molecule is Cc1ccc(NC(=O)c2cc([C@H]3CCCNC3)ccn2)cc1. The molecule has 1 amide bonds. The molecule has 114 valence electrons. The van der Waals surface area contributed by atoms with Crippen molar-refractivity contribution in [1.29, 1.82) is 0 Å². The lowest BCUT2D eigenvalue weighted by molar-refractivity contribution is 0.102. The van der Waals surface area contributed by atoms with E-state index >= 15 is 0 Å². The third-order valence-electron chi connectivity index (χ3n) is 4.09. The Labute approximate surface area is 131 Å². The summed E-state index contributed by atoms with van der Waals surface area (Å²) in [6, 6.07) is 11.7. The van der Waals surface area contributed by atoms with Crippen molar-refractivity contribution in [2.24, 2.45) is 0 Å². The summed E-state index contributed by atoms with van der Waals surface area (Å²) in [5, 5.41) is 6.30. The highest BCUT2D eigenvalue weighted by atomic mass is 16.1. The molecule has 1 aliphatic rings. The lowest BCUT2D eigenvalue weighted by Gasteiger charge is -2.23. The zero-order valence-electron chi connectivity index (χ0n) is 12.8. The van der Waals surface area contributed by atoms with Crippen molar-refractivity contribution in [1.82, 2.24) is 10.3 Å². The van der Waals surface area contributed by atoms with E-state index in [1.807, 2.05) is 43.3 Å². The Morgan fingerprint density at radius 2 is 2.09 bits per heavy atom. The highest BCUT2D eigenvalue weighted by Gasteiger charge is 2.17. The summed E-state index contributed by atoms with van der Waals surface area (Å²) >= 11 is 0. The first kappa shape index (κ1) is 14.7. The van der Waals surface area contributed by atoms with Crippen molar-refractivity contribution in [3.63, 3.8) is 0 Å². The fourth-order valence-electron chi connectivity index (χ4n) is 2.79. The second-order valence-corrected chi connectivity index (χ2v) is 5.84. The van der Waals surface area contributed by atoms with Crippen LogP contribution in [0.25, 0.3) is 0 Å². The van der Waals surface area contributed by atoms with Crippen LogP contribution < -0.4 is 10.6 Å². The normalized spacial score (nSPS) is 18.0. The lowest BCUT2D eigenvalue weighted by Crippen LogP contribution is -2.28. The van der Waals surface area contributed by atoms with E-state index in [-0.39, 0.29) is 5.91 Å². The Morgan fingerprint density at radius 1 is 1.27 bits per heavy atom. The van der Waals surface area contributed by atoms with Crippen LogP contribution in [0.15, 0.2) is 42.6 Å². The van der Waals surface area contributed by atoms with Gasteiger partial charge in [0.1, 0.15) is 5.69 Å². The Kier molecular flexibility index (Phi) is 4.49. The summed E-state index contributed by atoms with van der Waals surface area (Å²) in [5.74, 6) is 0.317. The number of aromatic nitrogens is 1. The van der Waals surface area contributed by atoms with E-state index in [9.17, 15) is 4.79 Å². The van der Waals surface area contributed by atoms with E-state index in [4.69, 9.17) is 0 Å². The molecule has 0 radical (unpaired) electrons. The molecule has 2 N–H and O–H groups in total. The Bertz CT molecular complexity index is 646. The molecule has 4 nitrogen and oxygen atoms in total. The molecule has 0 aliphatic carbocycles. The van der Waals surface area contributed by atoms with Gasteiger partial charge in [0, 0.05) is 18.4 Å². The molecule has 2 heterocycles. The van der Waals surface area contributed by atoms with Crippen molar-refractivity contribution in [2.75, 3.05) is 18.4 Å². The number of piperidine rings is 1. The van der Waals surface area contributed by atoms with Gasteiger partial charge in [0.2, 0.25) is 0 Å². The molecular formula is C18H21N3O. The molecule has 1 aromatic heterocycles. The van der Waals surface area contributed by atoms with Gasteiger partial charge in [-0.1, -0.05) is 17.7 Å². The largest absolute Gasteiger partial charge is 0.321 e. The second-order valence-electron chi connectivity index (χ2n) is 5.84. The monoisotopic (exact) mass is 295 g/mol. The maximum absolute atomic E-state index is 12.3. The molecule has 1 atom stereocenters. The van der Waals surface area contributed by atoms with Crippen LogP contribution >= 0.6 is 0 Å². The third-order valence-corrected chi connectivity index (χ3v) is 4.09. The quantitative estimate of drug-likeness (QED) is 0.915. The van der Waals surface area contributed by atoms with E-state index in [0.717, 1.165) is 25.2 Å². The number of rotatable bonds is 3. The zero-order valence-corrected chi connectivity index (χ0v) is 12.8. The molecule has 1 aliphatic heterocycles. The highest BCUT2D eigenvalue weighted by Crippen LogP contribution is 2.23. The molecule has 0 saturated carbocycles. The number of aryl methyl sites for hydroxylation is 1. The van der Waals surface area contributed by atoms with Crippen molar-refractivity contribution in [3.8, 4) is 0 Å². The van der Waals surface area contributed by atoms with E-state index in [1.54, 1.807) is 6.20 Å². The average molecular weight is 295 g/mol. The minimum atomic E-state index is -0.158. The summed E-state index contributed by atoms with van der Waals surface area (Å²) in [6.07, 6.45) is 4.07. The zero-order chi connectivity index (χ0) is 15.4. The summed E-state index contributed by atoms with van der Waals surface area (Å²) in [4.78, 5) is 16.6. The van der Waals surface area contributed by atoms with Crippen LogP contribution in [-0.2, 0) is 0 Å². The number of carbonyl (C=O) groups excluding carboxylic acids is 1. The van der Waals surface area contributed by atoms with Crippen LogP contribution in [0, 0.1) is 6.92 Å². The van der Waals surface area contributed by atoms with E-state index < -0.39 is 0 Å². The van der Waals surface area contributed by atoms with Crippen LogP contribution in [-0.4, -0.2) is 24.0 Å². The van der Waals surface area contributed by atoms with Crippen LogP contribution in [0.1, 0.15) is 40.4 Å². The minimum Gasteiger partial charge on any atom is -0.321 e. The van der Waals surface area contributed by atoms with Crippen LogP contribution in [0.4, 0.5) is 5.69 Å². The fourth-order valence-corrected chi connectivity index (χ4v) is 2.79. The molecule has 2 aromatic rings. The van der Waals surface area contributed by atoms with Crippen molar-refractivity contribution in [3.05, 3.63) is 59.4 Å². The van der Waals surface area contributed by atoms with Gasteiger partial charge in [-0.25, -0.2) is 0 Å². The number of nitrogens with zero attached hydrogens (tertiary/aromatic N) is 1. The number of pyridine rings is 1. The van der Waals surface area contributed by atoms with Gasteiger partial charge in [-0.3, -0.25) is 9.78 Å². The first-order valence-corrected chi connectivity index (χ1v) is 7.77. The molecule has 4 heteroatoms. The van der Waals surface area contributed by atoms with Crippen molar-refractivity contribution < 1.29 is 4.79 Å². The predicted octanol–water partition coefficient (Wildman–Crippen LogP) is 3.11. The maximum Gasteiger partial charge on any atom is 0.274 e. The van der Waals surface area contributed by atoms with Gasteiger partial charge in [0.15, 0.2) is 0 Å². The van der Waals surface area contributed by atoms with E-state index in [2.05, 4.69) is 15.6 Å². The summed E-state index contributed by atoms with van der Waals surface area (Å²) in [6.45, 7) is 4.08. The average Bonchev–Trinajstić information content (AvgIpc) is 2.58. The van der Waals surface area contributed by atoms with Gasteiger partial charge in [0.05, 0.1) is 0 Å². The Balaban J connectivity index is 1.73. The van der Waals surface area contributed by atoms with Gasteiger partial charge in [0.25, 0.3) is 5.91 Å². The molecule has 1 saturated heterocycles. The fraction of sp³-hybridized carbons (Fsp3) is 0.333. The number of nitrogens with one attached hydrogen (secondary N) is 2. The molecule has 0 unspecified atom stereocenters. The molecule has 0 bridgehead atoms. The number of anilines is 1. The smallest absolute Gasteiger partial charge is 0.274 e.